The van der Waals surface area contributed by atoms with Crippen molar-refractivity contribution in [2.24, 2.45) is 0 Å². The van der Waals surface area contributed by atoms with Crippen LogP contribution < -0.4 is 4.57 Å². The van der Waals surface area contributed by atoms with Gasteiger partial charge in [-0.2, -0.15) is 0 Å². The van der Waals surface area contributed by atoms with E-state index < -0.39 is 0 Å². The van der Waals surface area contributed by atoms with Gasteiger partial charge in [-0.3, -0.25) is 4.79 Å². The summed E-state index contributed by atoms with van der Waals surface area (Å²) < 4.78 is 4.18. The Morgan fingerprint density at radius 2 is 1.83 bits per heavy atom. The van der Waals surface area contributed by atoms with Gasteiger partial charge in [-0.1, -0.05) is 38.0 Å². The molecule has 0 aliphatic carbocycles. The fourth-order valence-corrected chi connectivity index (χ4v) is 2.97. The summed E-state index contributed by atoms with van der Waals surface area (Å²) >= 11 is 0. The number of aromatic nitrogens is 2. The molecular formula is C20H29N2OY+. The first-order chi connectivity index (χ1) is 11.1. The van der Waals surface area contributed by atoms with Crippen LogP contribution in [0, 0.1) is 13.8 Å². The number of aryl methyl sites for hydroxylation is 3. The molecule has 0 N–H and O–H groups in total. The molecule has 0 spiro atoms. The van der Waals surface area contributed by atoms with E-state index in [4.69, 9.17) is 0 Å². The Morgan fingerprint density at radius 1 is 1.12 bits per heavy atom. The molecule has 0 aliphatic heterocycles. The number of nitrogens with zero attached hydrogens (tertiary/aromatic N) is 2. The predicted molar refractivity (Wildman–Crippen MR) is 93.4 cm³/mol. The summed E-state index contributed by atoms with van der Waals surface area (Å²) in [5.74, 6) is 0.260. The normalized spacial score (nSPS) is 10.5. The zero-order chi connectivity index (χ0) is 16.7. The number of rotatable bonds is 9. The Hall–Kier alpha value is -0.796. The summed E-state index contributed by atoms with van der Waals surface area (Å²) in [5, 5.41) is 0. The molecule has 1 heterocycles. The Morgan fingerprint density at radius 3 is 2.50 bits per heavy atom. The molecular weight excluding hydrogens is 373 g/mol. The number of unbranched alkanes of at least 4 members (excludes halogenated alkanes) is 3. The van der Waals surface area contributed by atoms with Gasteiger partial charge in [0.2, 0.25) is 6.33 Å². The summed E-state index contributed by atoms with van der Waals surface area (Å²) in [6.45, 7) is 7.88. The average molecular weight is 402 g/mol. The summed E-state index contributed by atoms with van der Waals surface area (Å²) in [6, 6.07) is 6.21. The molecule has 0 fully saturated rings. The molecule has 2 aromatic rings. The van der Waals surface area contributed by atoms with Crippen LogP contribution in [0.25, 0.3) is 0 Å². The minimum Gasteiger partial charge on any atom is -0.295 e. The largest absolute Gasteiger partial charge is 0.295 e. The van der Waals surface area contributed by atoms with Gasteiger partial charge < -0.3 is 0 Å². The van der Waals surface area contributed by atoms with E-state index in [9.17, 15) is 4.79 Å². The van der Waals surface area contributed by atoms with Crippen molar-refractivity contribution in [2.75, 3.05) is 0 Å². The third kappa shape index (κ3) is 6.60. The van der Waals surface area contributed by atoms with Crippen LogP contribution in [0.2, 0.25) is 0 Å². The SMILES string of the molecule is CCCCCCn1cc[n+](CC(=O)Cc2c(C)cccc2C)c1.[Y]. The molecule has 3 nitrogen and oxygen atoms in total. The van der Waals surface area contributed by atoms with Crippen LogP contribution in [0.15, 0.2) is 36.9 Å². The Balaban J connectivity index is 0.00000288. The van der Waals surface area contributed by atoms with Crippen molar-refractivity contribution < 1.29 is 42.1 Å². The van der Waals surface area contributed by atoms with Gasteiger partial charge in [0.1, 0.15) is 18.9 Å². The van der Waals surface area contributed by atoms with Gasteiger partial charge in [0.25, 0.3) is 0 Å². The van der Waals surface area contributed by atoms with Gasteiger partial charge in [0.05, 0.1) is 6.54 Å². The van der Waals surface area contributed by atoms with Crippen molar-refractivity contribution in [3.63, 3.8) is 0 Å². The van der Waals surface area contributed by atoms with Crippen LogP contribution in [-0.2, 0) is 57.0 Å². The molecule has 2 rings (SSSR count). The van der Waals surface area contributed by atoms with Crippen molar-refractivity contribution in [1.29, 1.82) is 0 Å². The second-order valence-electron chi connectivity index (χ2n) is 6.47. The van der Waals surface area contributed by atoms with E-state index in [2.05, 4.69) is 50.0 Å². The molecule has 1 aromatic heterocycles. The molecule has 0 saturated heterocycles. The molecule has 0 bridgehead atoms. The van der Waals surface area contributed by atoms with Gasteiger partial charge in [-0.05, 0) is 43.4 Å². The third-order valence-electron chi connectivity index (χ3n) is 4.39. The Kier molecular flexibility index (Phi) is 9.69. The first-order valence-electron chi connectivity index (χ1n) is 8.71. The maximum Gasteiger partial charge on any atom is 0.244 e. The first-order valence-corrected chi connectivity index (χ1v) is 8.71. The molecule has 0 saturated carbocycles. The standard InChI is InChI=1S/C20H29N2O.Y/c1-4-5-6-7-11-21-12-13-22(16-21)15-19(23)14-20-17(2)9-8-10-18(20)3;/h8-10,12-13,16H,4-7,11,14-15H2,1-3H3;/q+1;. The third-order valence-corrected chi connectivity index (χ3v) is 4.39. The quantitative estimate of drug-likeness (QED) is 0.463. The van der Waals surface area contributed by atoms with E-state index in [0.717, 1.165) is 6.54 Å². The fraction of sp³-hybridized carbons (Fsp3) is 0.500. The summed E-state index contributed by atoms with van der Waals surface area (Å²) in [4.78, 5) is 12.4. The van der Waals surface area contributed by atoms with Crippen LogP contribution in [0.3, 0.4) is 0 Å². The van der Waals surface area contributed by atoms with Gasteiger partial charge in [0, 0.05) is 39.1 Å². The topological polar surface area (TPSA) is 25.9 Å². The number of hydrogen-bond acceptors (Lipinski definition) is 1. The van der Waals surface area contributed by atoms with Crippen molar-refractivity contribution >= 4 is 5.78 Å². The predicted octanol–water partition coefficient (Wildman–Crippen LogP) is 3.78. The molecule has 1 aromatic carbocycles. The summed E-state index contributed by atoms with van der Waals surface area (Å²) in [5.41, 5.74) is 3.59. The van der Waals surface area contributed by atoms with Crippen LogP contribution in [-0.4, -0.2) is 10.4 Å². The van der Waals surface area contributed by atoms with Gasteiger partial charge in [-0.15, -0.1) is 0 Å². The van der Waals surface area contributed by atoms with E-state index in [1.165, 1.54) is 42.4 Å². The van der Waals surface area contributed by atoms with E-state index in [1.54, 1.807) is 0 Å². The number of hydrogen-bond donors (Lipinski definition) is 0. The minimum atomic E-state index is 0. The molecule has 24 heavy (non-hydrogen) atoms. The number of Topliss-reactive ketones (excluding diaryl/α,β-unsaturated/α-hetero) is 1. The van der Waals surface area contributed by atoms with Gasteiger partial charge in [-0.25, -0.2) is 9.13 Å². The maximum absolute atomic E-state index is 12.4. The number of ketones is 1. The number of imidazole rings is 1. The minimum absolute atomic E-state index is 0. The van der Waals surface area contributed by atoms with Crippen LogP contribution >= 0.6 is 0 Å². The van der Waals surface area contributed by atoms with Gasteiger partial charge in [0.15, 0.2) is 5.78 Å². The van der Waals surface area contributed by atoms with Crippen molar-refractivity contribution in [3.8, 4) is 0 Å². The van der Waals surface area contributed by atoms with Crippen molar-refractivity contribution in [2.45, 2.75) is 66.0 Å². The van der Waals surface area contributed by atoms with Gasteiger partial charge >= 0.3 is 0 Å². The molecule has 4 heteroatoms. The first kappa shape index (κ1) is 21.2. The average Bonchev–Trinajstić information content (AvgIpc) is 2.95. The van der Waals surface area contributed by atoms with Crippen molar-refractivity contribution in [3.05, 3.63) is 53.6 Å². The van der Waals surface area contributed by atoms with Crippen molar-refractivity contribution in [1.82, 2.24) is 4.57 Å². The second kappa shape index (κ2) is 10.9. The monoisotopic (exact) mass is 402 g/mol. The van der Waals surface area contributed by atoms with E-state index in [1.807, 2.05) is 16.8 Å². The van der Waals surface area contributed by atoms with E-state index >= 15 is 0 Å². The van der Waals surface area contributed by atoms with Crippen LogP contribution in [0.5, 0.6) is 0 Å². The summed E-state index contributed by atoms with van der Waals surface area (Å²) in [7, 11) is 0. The van der Waals surface area contributed by atoms with Crippen LogP contribution in [0.1, 0.15) is 49.3 Å². The molecule has 0 atom stereocenters. The Labute approximate surface area is 171 Å². The number of benzene rings is 1. The number of carbonyl (C=O) groups is 1. The number of carbonyl (C=O) groups excluding carboxylic acids is 1. The molecule has 127 valence electrons. The van der Waals surface area contributed by atoms with E-state index in [0.29, 0.717) is 13.0 Å². The van der Waals surface area contributed by atoms with E-state index in [-0.39, 0.29) is 38.5 Å². The maximum atomic E-state index is 12.4. The second-order valence-corrected chi connectivity index (χ2v) is 6.47. The Bertz CT molecular complexity index is 629. The smallest absolute Gasteiger partial charge is 0.244 e. The van der Waals surface area contributed by atoms with Crippen LogP contribution in [0.4, 0.5) is 0 Å². The zero-order valence-electron chi connectivity index (χ0n) is 15.3. The fourth-order valence-electron chi connectivity index (χ4n) is 2.97. The zero-order valence-corrected chi connectivity index (χ0v) is 18.1. The molecule has 0 unspecified atom stereocenters. The molecule has 0 amide bonds. The summed E-state index contributed by atoms with van der Waals surface area (Å²) in [6.07, 6.45) is 11.7. The molecule has 1 radical (unpaired) electrons. The molecule has 0 aliphatic rings.